The second kappa shape index (κ2) is 6.79. The van der Waals surface area contributed by atoms with E-state index in [9.17, 15) is 34.8 Å². The smallest absolute Gasteiger partial charge is 0.311 e. The van der Waals surface area contributed by atoms with Crippen molar-refractivity contribution >= 4 is 15.9 Å². The monoisotopic (exact) mass is 454 g/mol. The molecule has 0 aliphatic carbocycles. The van der Waals surface area contributed by atoms with Gasteiger partial charge in [-0.2, -0.15) is 26.3 Å². The number of aromatic nitrogens is 3. The zero-order valence-electron chi connectivity index (χ0n) is 15.9. The average Bonchev–Trinajstić information content (AvgIpc) is 2.95. The van der Waals surface area contributed by atoms with Gasteiger partial charge in [0, 0.05) is 13.2 Å². The summed E-state index contributed by atoms with van der Waals surface area (Å²) in [5.41, 5.74) is -3.89. The first-order chi connectivity index (χ1) is 13.6. The summed E-state index contributed by atoms with van der Waals surface area (Å²) < 4.78 is 105. The second-order valence-electron chi connectivity index (χ2n) is 7.05. The van der Waals surface area contributed by atoms with Crippen molar-refractivity contribution in [3.63, 3.8) is 0 Å². The first-order valence-corrected chi connectivity index (χ1v) is 10.2. The number of nitrogens with zero attached hydrogens (tertiary/aromatic N) is 4. The number of imidazole rings is 1. The summed E-state index contributed by atoms with van der Waals surface area (Å²) in [6.45, 7) is 1.58. The van der Waals surface area contributed by atoms with Crippen molar-refractivity contribution in [1.29, 1.82) is 0 Å². The summed E-state index contributed by atoms with van der Waals surface area (Å²) in [7, 11) is -2.79. The molecule has 2 aromatic rings. The maximum absolute atomic E-state index is 13.3. The van der Waals surface area contributed by atoms with Crippen molar-refractivity contribution in [3.05, 3.63) is 28.7 Å². The second-order valence-corrected chi connectivity index (χ2v) is 9.30. The average molecular weight is 454 g/mol. The van der Waals surface area contributed by atoms with Gasteiger partial charge in [-0.15, -0.1) is 0 Å². The van der Waals surface area contributed by atoms with Crippen LogP contribution >= 0.6 is 0 Å². The third kappa shape index (κ3) is 3.59. The minimum absolute atomic E-state index is 0.0493. The summed E-state index contributed by atoms with van der Waals surface area (Å²) in [5.74, 6) is -0.706. The summed E-state index contributed by atoms with van der Waals surface area (Å²) in [6, 6.07) is 0.454. The number of fused-ring (bicyclic) bond motifs is 1. The van der Waals surface area contributed by atoms with Crippen LogP contribution in [0.4, 0.5) is 26.3 Å². The van der Waals surface area contributed by atoms with Gasteiger partial charge in [0.2, 0.25) is 0 Å². The van der Waals surface area contributed by atoms with Crippen molar-refractivity contribution in [1.82, 2.24) is 14.5 Å². The van der Waals surface area contributed by atoms with Crippen LogP contribution in [0.1, 0.15) is 19.4 Å². The molecule has 0 saturated heterocycles. The van der Waals surface area contributed by atoms with Crippen LogP contribution in [-0.4, -0.2) is 41.4 Å². The van der Waals surface area contributed by atoms with E-state index in [0.717, 1.165) is 13.0 Å². The Bertz CT molecular complexity index is 1230. The Morgan fingerprint density at radius 1 is 1.20 bits per heavy atom. The van der Waals surface area contributed by atoms with E-state index in [-0.39, 0.29) is 22.4 Å². The molecule has 0 aromatic carbocycles. The number of hydrogen-bond donors (Lipinski definition) is 0. The van der Waals surface area contributed by atoms with Gasteiger partial charge in [0.15, 0.2) is 21.1 Å². The standard InChI is InChI=1S/C17H16F6N4O2S/c1-4-30(28,29)11-5-9(16(18,19)20)7-24-12(11)14-26-10-6-15(2,17(21,22)23)8-25-13(10)27(14)3/h5-7H,4,8H2,1-3H3. The van der Waals surface area contributed by atoms with E-state index in [4.69, 9.17) is 0 Å². The molecule has 6 nitrogen and oxygen atoms in total. The van der Waals surface area contributed by atoms with Crippen LogP contribution in [0.3, 0.4) is 0 Å². The highest BCUT2D eigenvalue weighted by atomic mass is 32.2. The van der Waals surface area contributed by atoms with Crippen LogP contribution in [-0.2, 0) is 23.1 Å². The Labute approximate surface area is 166 Å². The number of pyridine rings is 1. The Morgan fingerprint density at radius 3 is 2.37 bits per heavy atom. The van der Waals surface area contributed by atoms with Crippen LogP contribution in [0.25, 0.3) is 17.6 Å². The lowest BCUT2D eigenvalue weighted by Gasteiger charge is -2.27. The van der Waals surface area contributed by atoms with E-state index in [1.807, 2.05) is 0 Å². The molecule has 3 rings (SSSR count). The molecule has 1 aliphatic rings. The van der Waals surface area contributed by atoms with Gasteiger partial charge in [-0.25, -0.2) is 13.4 Å². The number of rotatable bonds is 3. The third-order valence-corrected chi connectivity index (χ3v) is 6.60. The van der Waals surface area contributed by atoms with Gasteiger partial charge in [0.05, 0.1) is 22.8 Å². The fourth-order valence-electron chi connectivity index (χ4n) is 2.93. The molecule has 0 saturated carbocycles. The molecule has 0 radical (unpaired) electrons. The first-order valence-electron chi connectivity index (χ1n) is 8.58. The predicted molar refractivity (Wildman–Crippen MR) is 93.4 cm³/mol. The Morgan fingerprint density at radius 2 is 1.83 bits per heavy atom. The van der Waals surface area contributed by atoms with E-state index in [2.05, 4.69) is 15.0 Å². The largest absolute Gasteiger partial charge is 0.417 e. The molecule has 0 amide bonds. The zero-order valence-corrected chi connectivity index (χ0v) is 16.7. The maximum Gasteiger partial charge on any atom is 0.417 e. The van der Waals surface area contributed by atoms with Crippen molar-refractivity contribution in [2.45, 2.75) is 31.1 Å². The van der Waals surface area contributed by atoms with Crippen LogP contribution in [0.15, 0.2) is 22.2 Å². The lowest BCUT2D eigenvalue weighted by Crippen LogP contribution is -2.45. The topological polar surface area (TPSA) is 77.2 Å². The zero-order chi connectivity index (χ0) is 22.7. The van der Waals surface area contributed by atoms with Crippen molar-refractivity contribution < 1.29 is 34.8 Å². The third-order valence-electron chi connectivity index (χ3n) is 4.86. The normalized spacial score (nSPS) is 19.8. The Kier molecular flexibility index (Phi) is 5.03. The molecule has 3 heterocycles. The molecular weight excluding hydrogens is 438 g/mol. The van der Waals surface area contributed by atoms with Gasteiger partial charge < -0.3 is 4.57 Å². The molecule has 30 heavy (non-hydrogen) atoms. The van der Waals surface area contributed by atoms with Gasteiger partial charge in [0.25, 0.3) is 0 Å². The number of sulfone groups is 1. The predicted octanol–water partition coefficient (Wildman–Crippen LogP) is 2.28. The van der Waals surface area contributed by atoms with Crippen LogP contribution < -0.4 is 10.8 Å². The molecule has 2 aromatic heterocycles. The van der Waals surface area contributed by atoms with Crippen molar-refractivity contribution in [2.75, 3.05) is 12.3 Å². The molecule has 0 spiro atoms. The fourth-order valence-corrected chi connectivity index (χ4v) is 3.98. The lowest BCUT2D eigenvalue weighted by molar-refractivity contribution is -0.190. The molecule has 0 N–H and O–H groups in total. The summed E-state index contributed by atoms with van der Waals surface area (Å²) in [5, 5.41) is -0.153. The van der Waals surface area contributed by atoms with Crippen molar-refractivity contribution in [2.24, 2.45) is 17.5 Å². The van der Waals surface area contributed by atoms with E-state index < -0.39 is 50.4 Å². The molecule has 0 fully saturated rings. The lowest BCUT2D eigenvalue weighted by atomic mass is 9.88. The number of hydrogen-bond acceptors (Lipinski definition) is 5. The van der Waals surface area contributed by atoms with Gasteiger partial charge in [-0.05, 0) is 19.1 Å². The molecule has 1 unspecified atom stereocenters. The summed E-state index contributed by atoms with van der Waals surface area (Å²) in [4.78, 5) is 10.9. The molecule has 1 aliphatic heterocycles. The highest BCUT2D eigenvalue weighted by Crippen LogP contribution is 2.40. The van der Waals surface area contributed by atoms with E-state index in [1.165, 1.54) is 18.5 Å². The van der Waals surface area contributed by atoms with Crippen LogP contribution in [0.5, 0.6) is 0 Å². The Balaban J connectivity index is 2.31. The maximum atomic E-state index is 13.3. The minimum atomic E-state index is -4.83. The molecule has 164 valence electrons. The van der Waals surface area contributed by atoms with Crippen molar-refractivity contribution in [3.8, 4) is 11.5 Å². The molecular formula is C17H16F6N4O2S. The summed E-state index contributed by atoms with van der Waals surface area (Å²) >= 11 is 0. The highest BCUT2D eigenvalue weighted by molar-refractivity contribution is 7.91. The molecule has 0 bridgehead atoms. The quantitative estimate of drug-likeness (QED) is 0.667. The van der Waals surface area contributed by atoms with Crippen LogP contribution in [0.2, 0.25) is 0 Å². The van der Waals surface area contributed by atoms with Gasteiger partial charge in [-0.1, -0.05) is 6.92 Å². The van der Waals surface area contributed by atoms with E-state index in [1.54, 1.807) is 0 Å². The minimum Gasteiger partial charge on any atom is -0.311 e. The van der Waals surface area contributed by atoms with E-state index in [0.29, 0.717) is 12.3 Å². The number of alkyl halides is 6. The van der Waals surface area contributed by atoms with Crippen LogP contribution in [0, 0.1) is 5.41 Å². The van der Waals surface area contributed by atoms with E-state index >= 15 is 0 Å². The molecule has 13 heteroatoms. The molecule has 1 atom stereocenters. The van der Waals surface area contributed by atoms with Gasteiger partial charge >= 0.3 is 12.4 Å². The fraction of sp³-hybridized carbons (Fsp3) is 0.471. The highest BCUT2D eigenvalue weighted by Gasteiger charge is 2.50. The number of halogens is 6. The summed E-state index contributed by atoms with van der Waals surface area (Å²) in [6.07, 6.45) is -8.10. The van der Waals surface area contributed by atoms with Gasteiger partial charge in [0.1, 0.15) is 16.5 Å². The van der Waals surface area contributed by atoms with Gasteiger partial charge in [-0.3, -0.25) is 9.98 Å². The Hall–Kier alpha value is -2.44. The SMILES string of the molecule is CCS(=O)(=O)c1cc(C(F)(F)F)cnc1-c1nc2c(n1C)=NCC(C)(C(F)(F)F)C=2. The first kappa shape index (κ1) is 22.2.